The second-order valence-electron chi connectivity index (χ2n) is 8.57. The van der Waals surface area contributed by atoms with Crippen molar-refractivity contribution in [3.05, 3.63) is 29.8 Å². The van der Waals surface area contributed by atoms with Crippen molar-refractivity contribution in [3.8, 4) is 0 Å². The molecule has 1 aromatic carbocycles. The Labute approximate surface area is 195 Å². The summed E-state index contributed by atoms with van der Waals surface area (Å²) in [6.45, 7) is 1.49. The maximum Gasteiger partial charge on any atom is 0.253 e. The Morgan fingerprint density at radius 1 is 1.09 bits per heavy atom. The molecule has 1 atom stereocenters. The molecule has 0 aliphatic carbocycles. The average Bonchev–Trinajstić information content (AvgIpc) is 3.19. The fourth-order valence-corrected chi connectivity index (χ4v) is 4.32. The zero-order chi connectivity index (χ0) is 22.3. The average molecular weight is 465 g/mol. The number of nitrogens with zero attached hydrogens (tertiary/aromatic N) is 1. The van der Waals surface area contributed by atoms with Crippen molar-refractivity contribution in [3.63, 3.8) is 0 Å². The van der Waals surface area contributed by atoms with Gasteiger partial charge in [-0.15, -0.1) is 12.4 Å². The highest BCUT2D eigenvalue weighted by Gasteiger charge is 2.48. The van der Waals surface area contributed by atoms with Crippen molar-refractivity contribution in [2.24, 2.45) is 11.1 Å². The minimum Gasteiger partial charge on any atom is -0.338 e. The van der Waals surface area contributed by atoms with Gasteiger partial charge in [0.2, 0.25) is 17.7 Å². The van der Waals surface area contributed by atoms with Crippen LogP contribution in [-0.4, -0.2) is 48.2 Å². The molecule has 4 N–H and O–H groups in total. The van der Waals surface area contributed by atoms with E-state index in [0.29, 0.717) is 56.6 Å². The van der Waals surface area contributed by atoms with Gasteiger partial charge < -0.3 is 16.0 Å². The molecule has 3 rings (SSSR count). The lowest BCUT2D eigenvalue weighted by Crippen LogP contribution is -2.50. The van der Waals surface area contributed by atoms with Gasteiger partial charge in [-0.1, -0.05) is 25.3 Å². The molecule has 32 heavy (non-hydrogen) atoms. The molecule has 176 valence electrons. The summed E-state index contributed by atoms with van der Waals surface area (Å²) in [5, 5.41) is 5.27. The summed E-state index contributed by atoms with van der Waals surface area (Å²) in [6.07, 6.45) is 6.82. The van der Waals surface area contributed by atoms with Crippen molar-refractivity contribution >= 4 is 41.7 Å². The van der Waals surface area contributed by atoms with Gasteiger partial charge in [0.05, 0.1) is 5.41 Å². The maximum absolute atomic E-state index is 13.0. The zero-order valence-corrected chi connectivity index (χ0v) is 19.2. The van der Waals surface area contributed by atoms with Gasteiger partial charge in [-0.2, -0.15) is 0 Å². The number of rotatable bonds is 9. The van der Waals surface area contributed by atoms with Gasteiger partial charge in [-0.3, -0.25) is 24.5 Å². The molecule has 0 saturated carbocycles. The number of hydrogen-bond acceptors (Lipinski definition) is 5. The van der Waals surface area contributed by atoms with Crippen LogP contribution in [0.1, 0.15) is 68.1 Å². The Bertz CT molecular complexity index is 847. The Morgan fingerprint density at radius 3 is 2.59 bits per heavy atom. The SMILES string of the molecule is Cl.NCCCCCCCC(=O)Nc1cccc(C(=O)N2CCC3(CCC(=O)NC3=O)C2)c1. The van der Waals surface area contributed by atoms with E-state index in [1.165, 1.54) is 0 Å². The van der Waals surface area contributed by atoms with Crippen LogP contribution in [0, 0.1) is 5.41 Å². The third-order valence-corrected chi connectivity index (χ3v) is 6.21. The topological polar surface area (TPSA) is 122 Å². The number of likely N-dealkylation sites (tertiary alicyclic amines) is 1. The molecule has 4 amide bonds. The van der Waals surface area contributed by atoms with Crippen LogP contribution >= 0.6 is 12.4 Å². The van der Waals surface area contributed by atoms with Gasteiger partial charge in [-0.05, 0) is 50.4 Å². The molecule has 9 heteroatoms. The maximum atomic E-state index is 13.0. The third-order valence-electron chi connectivity index (χ3n) is 6.21. The normalized spacial score (nSPS) is 20.1. The second kappa shape index (κ2) is 12.0. The van der Waals surface area contributed by atoms with Gasteiger partial charge in [-0.25, -0.2) is 0 Å². The van der Waals surface area contributed by atoms with Crippen LogP contribution in [0.15, 0.2) is 24.3 Å². The van der Waals surface area contributed by atoms with E-state index in [4.69, 9.17) is 5.73 Å². The predicted molar refractivity (Wildman–Crippen MR) is 124 cm³/mol. The summed E-state index contributed by atoms with van der Waals surface area (Å²) in [6, 6.07) is 6.90. The van der Waals surface area contributed by atoms with Gasteiger partial charge in [0.25, 0.3) is 5.91 Å². The van der Waals surface area contributed by atoms with E-state index in [2.05, 4.69) is 10.6 Å². The monoisotopic (exact) mass is 464 g/mol. The third kappa shape index (κ3) is 6.53. The number of hydrogen-bond donors (Lipinski definition) is 3. The Balaban J connectivity index is 0.00000363. The van der Waals surface area contributed by atoms with Crippen LogP contribution in [0.5, 0.6) is 0 Å². The number of anilines is 1. The minimum atomic E-state index is -0.667. The first kappa shape index (κ1) is 25.8. The van der Waals surface area contributed by atoms with Gasteiger partial charge in [0, 0.05) is 37.2 Å². The van der Waals surface area contributed by atoms with Gasteiger partial charge >= 0.3 is 0 Å². The minimum absolute atomic E-state index is 0. The molecule has 1 unspecified atom stereocenters. The number of halogens is 1. The van der Waals surface area contributed by atoms with Crippen molar-refractivity contribution in [1.82, 2.24) is 10.2 Å². The van der Waals surface area contributed by atoms with Gasteiger partial charge in [0.1, 0.15) is 0 Å². The standard InChI is InChI=1S/C23H32N4O4.ClH/c24-13-5-3-1-2-4-9-19(28)25-18-8-6-7-17(15-18)21(30)27-14-12-23(16-27)11-10-20(29)26-22(23)31;/h6-8,15H,1-5,9-14,16,24H2,(H,25,28)(H,26,29,31);1H. The molecule has 8 nitrogen and oxygen atoms in total. The van der Waals surface area contributed by atoms with Crippen molar-refractivity contribution < 1.29 is 19.2 Å². The summed E-state index contributed by atoms with van der Waals surface area (Å²) >= 11 is 0. The van der Waals surface area contributed by atoms with Crippen molar-refractivity contribution in [2.75, 3.05) is 25.0 Å². The van der Waals surface area contributed by atoms with E-state index >= 15 is 0 Å². The van der Waals surface area contributed by atoms with E-state index in [-0.39, 0.29) is 36.0 Å². The van der Waals surface area contributed by atoms with E-state index in [0.717, 1.165) is 32.1 Å². The summed E-state index contributed by atoms with van der Waals surface area (Å²) in [5.74, 6) is -0.757. The number of imide groups is 1. The largest absolute Gasteiger partial charge is 0.338 e. The fourth-order valence-electron chi connectivity index (χ4n) is 4.32. The van der Waals surface area contributed by atoms with Crippen molar-refractivity contribution in [2.45, 2.75) is 57.8 Å². The summed E-state index contributed by atoms with van der Waals surface area (Å²) in [7, 11) is 0. The van der Waals surface area contributed by atoms with Crippen LogP contribution in [0.4, 0.5) is 5.69 Å². The molecule has 2 heterocycles. The number of amides is 4. The summed E-state index contributed by atoms with van der Waals surface area (Å²) < 4.78 is 0. The number of nitrogens with two attached hydrogens (primary N) is 1. The number of carbonyl (C=O) groups excluding carboxylic acids is 4. The highest BCUT2D eigenvalue weighted by Crippen LogP contribution is 2.38. The number of carbonyl (C=O) groups is 4. The smallest absolute Gasteiger partial charge is 0.253 e. The molecule has 2 aliphatic heterocycles. The lowest BCUT2D eigenvalue weighted by molar-refractivity contribution is -0.141. The Kier molecular flexibility index (Phi) is 9.65. The van der Waals surface area contributed by atoms with E-state index in [9.17, 15) is 19.2 Å². The van der Waals surface area contributed by atoms with Crippen LogP contribution in [0.2, 0.25) is 0 Å². The van der Waals surface area contributed by atoms with Crippen LogP contribution in [-0.2, 0) is 14.4 Å². The molecule has 1 spiro atoms. The van der Waals surface area contributed by atoms with Crippen LogP contribution < -0.4 is 16.4 Å². The number of benzene rings is 1. The zero-order valence-electron chi connectivity index (χ0n) is 18.4. The fraction of sp³-hybridized carbons (Fsp3) is 0.565. The quantitative estimate of drug-likeness (QED) is 0.383. The molecule has 2 fully saturated rings. The number of nitrogens with one attached hydrogen (secondary N) is 2. The summed E-state index contributed by atoms with van der Waals surface area (Å²) in [4.78, 5) is 50.6. The van der Waals surface area contributed by atoms with Gasteiger partial charge in [0.15, 0.2) is 0 Å². The molecule has 0 radical (unpaired) electrons. The first-order chi connectivity index (χ1) is 14.9. The highest BCUT2D eigenvalue weighted by molar-refractivity contribution is 6.02. The summed E-state index contributed by atoms with van der Waals surface area (Å²) in [5.41, 5.74) is 5.88. The number of unbranched alkanes of at least 4 members (excludes halogenated alkanes) is 4. The van der Waals surface area contributed by atoms with E-state index in [1.54, 1.807) is 29.2 Å². The van der Waals surface area contributed by atoms with Crippen LogP contribution in [0.25, 0.3) is 0 Å². The first-order valence-corrected chi connectivity index (χ1v) is 11.2. The molecular formula is C23H33ClN4O4. The highest BCUT2D eigenvalue weighted by atomic mass is 35.5. The lowest BCUT2D eigenvalue weighted by atomic mass is 9.79. The van der Waals surface area contributed by atoms with Crippen LogP contribution in [0.3, 0.4) is 0 Å². The molecule has 1 aromatic rings. The Morgan fingerprint density at radius 2 is 1.84 bits per heavy atom. The molecule has 0 bridgehead atoms. The predicted octanol–water partition coefficient (Wildman–Crippen LogP) is 2.62. The Hall–Kier alpha value is -2.45. The van der Waals surface area contributed by atoms with E-state index < -0.39 is 5.41 Å². The van der Waals surface area contributed by atoms with Crippen molar-refractivity contribution in [1.29, 1.82) is 0 Å². The second-order valence-corrected chi connectivity index (χ2v) is 8.57. The lowest BCUT2D eigenvalue weighted by Gasteiger charge is -2.31. The molecule has 0 aromatic heterocycles. The van der Waals surface area contributed by atoms with E-state index in [1.807, 2.05) is 0 Å². The molecule has 2 aliphatic rings. The first-order valence-electron chi connectivity index (χ1n) is 11.2. The molecular weight excluding hydrogens is 432 g/mol. The number of piperidine rings is 1. The molecule has 2 saturated heterocycles.